The third-order valence-electron chi connectivity index (χ3n) is 11.8. The fourth-order valence-electron chi connectivity index (χ4n) is 7.96. The molecule has 2 aromatic rings. The van der Waals surface area contributed by atoms with Crippen molar-refractivity contribution in [3.63, 3.8) is 0 Å². The summed E-state index contributed by atoms with van der Waals surface area (Å²) in [5.41, 5.74) is 4.29. The van der Waals surface area contributed by atoms with Crippen molar-refractivity contribution in [1.82, 2.24) is 25.6 Å². The average molecular weight is 970 g/mol. The zero-order chi connectivity index (χ0) is 50.6. The first-order chi connectivity index (χ1) is 34.0. The van der Waals surface area contributed by atoms with Crippen LogP contribution in [0.1, 0.15) is 167 Å². The lowest BCUT2D eigenvalue weighted by Crippen LogP contribution is -2.28. The fourth-order valence-corrected chi connectivity index (χ4v) is 7.96. The number of rotatable bonds is 37. The summed E-state index contributed by atoms with van der Waals surface area (Å²) in [6, 6.07) is 4.18. The third-order valence-corrected chi connectivity index (χ3v) is 11.8. The summed E-state index contributed by atoms with van der Waals surface area (Å²) in [7, 11) is 0. The van der Waals surface area contributed by atoms with Gasteiger partial charge in [-0.25, -0.2) is 9.48 Å². The Morgan fingerprint density at radius 2 is 1.49 bits per heavy atom. The van der Waals surface area contributed by atoms with Gasteiger partial charge in [-0.2, -0.15) is 0 Å². The van der Waals surface area contributed by atoms with Gasteiger partial charge in [-0.05, 0) is 108 Å². The van der Waals surface area contributed by atoms with E-state index in [4.69, 9.17) is 23.7 Å². The normalized spacial score (nSPS) is 15.2. The van der Waals surface area contributed by atoms with E-state index in [1.54, 1.807) is 4.68 Å². The van der Waals surface area contributed by atoms with Gasteiger partial charge < -0.3 is 34.3 Å². The maximum absolute atomic E-state index is 13.6. The number of hydrogen-bond donors (Lipinski definition) is 2. The van der Waals surface area contributed by atoms with Crippen molar-refractivity contribution in [2.45, 2.75) is 176 Å². The Morgan fingerprint density at radius 1 is 0.814 bits per heavy atom. The highest BCUT2D eigenvalue weighted by Crippen LogP contribution is 2.47. The van der Waals surface area contributed by atoms with Crippen LogP contribution in [-0.4, -0.2) is 78.6 Å². The second-order valence-electron chi connectivity index (χ2n) is 18.5. The smallest absolute Gasteiger partial charge is 0.432 e. The quantitative estimate of drug-likeness (QED) is 0.0219. The number of ether oxygens (including phenoxy) is 5. The topological polar surface area (TPSA) is 152 Å². The lowest BCUT2D eigenvalue weighted by atomic mass is 9.73. The Morgan fingerprint density at radius 3 is 2.17 bits per heavy atom. The minimum absolute atomic E-state index is 0.0101. The molecule has 13 nitrogen and oxygen atoms in total. The molecule has 1 aromatic carbocycles. The van der Waals surface area contributed by atoms with Gasteiger partial charge in [-0.15, -0.1) is 5.10 Å². The predicted octanol–water partition coefficient (Wildman–Crippen LogP) is 12.3. The van der Waals surface area contributed by atoms with Gasteiger partial charge in [0.25, 0.3) is 0 Å². The third kappa shape index (κ3) is 26.2. The highest BCUT2D eigenvalue weighted by Gasteiger charge is 2.33. The number of aryl methyl sites for hydroxylation is 1. The first kappa shape index (κ1) is 59.2. The van der Waals surface area contributed by atoms with Crippen molar-refractivity contribution in [3.05, 3.63) is 108 Å². The molecule has 13 heteroatoms. The van der Waals surface area contributed by atoms with Gasteiger partial charge in [-0.1, -0.05) is 131 Å². The van der Waals surface area contributed by atoms with Crippen LogP contribution in [-0.2, 0) is 43.4 Å². The van der Waals surface area contributed by atoms with Crippen LogP contribution in [0.15, 0.2) is 90.7 Å². The lowest BCUT2D eigenvalue weighted by Gasteiger charge is -2.32. The van der Waals surface area contributed by atoms with Gasteiger partial charge in [0.05, 0.1) is 52.1 Å². The molecule has 0 radical (unpaired) electrons. The van der Waals surface area contributed by atoms with Crippen molar-refractivity contribution in [1.29, 1.82) is 0 Å². The number of amides is 1. The molecule has 0 bridgehead atoms. The molecule has 0 aliphatic heterocycles. The average Bonchev–Trinajstić information content (AvgIpc) is 3.78. The number of carbonyl (C=O) groups excluding carboxylic acids is 3. The van der Waals surface area contributed by atoms with Crippen LogP contribution in [0.3, 0.4) is 0 Å². The highest BCUT2D eigenvalue weighted by molar-refractivity contribution is 5.76. The minimum atomic E-state index is -0.904. The Hall–Kier alpha value is -5.11. The molecule has 2 atom stereocenters. The monoisotopic (exact) mass is 970 g/mol. The summed E-state index contributed by atoms with van der Waals surface area (Å²) in [5, 5.41) is 14.5. The Balaban J connectivity index is 1.54. The van der Waals surface area contributed by atoms with E-state index in [2.05, 4.69) is 117 Å². The van der Waals surface area contributed by atoms with E-state index in [1.165, 1.54) is 31.3 Å². The molecule has 2 N–H and O–H groups in total. The second kappa shape index (κ2) is 36.8. The Labute approximate surface area is 420 Å². The molecular weight excluding hydrogens is 883 g/mol. The summed E-state index contributed by atoms with van der Waals surface area (Å²) in [4.78, 5) is 39.5. The van der Waals surface area contributed by atoms with Crippen LogP contribution >= 0.6 is 0 Å². The van der Waals surface area contributed by atoms with E-state index < -0.39 is 12.1 Å². The summed E-state index contributed by atoms with van der Waals surface area (Å²) >= 11 is 0. The van der Waals surface area contributed by atoms with Gasteiger partial charge >= 0.3 is 12.1 Å². The molecule has 1 heterocycles. The Kier molecular flexibility index (Phi) is 31.1. The van der Waals surface area contributed by atoms with Gasteiger partial charge in [-0.3, -0.25) is 9.59 Å². The molecule has 1 aromatic heterocycles. The van der Waals surface area contributed by atoms with E-state index in [1.807, 2.05) is 25.3 Å². The molecule has 1 aliphatic carbocycles. The van der Waals surface area contributed by atoms with E-state index in [0.717, 1.165) is 81.9 Å². The number of nitrogens with one attached hydrogen (secondary N) is 2. The number of carbonyl (C=O) groups is 3. The first-order valence-electron chi connectivity index (χ1n) is 26.2. The van der Waals surface area contributed by atoms with E-state index in [-0.39, 0.29) is 56.3 Å². The molecule has 0 unspecified atom stereocenters. The maximum atomic E-state index is 13.6. The van der Waals surface area contributed by atoms with E-state index >= 15 is 0 Å². The van der Waals surface area contributed by atoms with Crippen molar-refractivity contribution in [2.24, 2.45) is 5.92 Å². The van der Waals surface area contributed by atoms with E-state index in [9.17, 15) is 14.4 Å². The zero-order valence-electron chi connectivity index (χ0n) is 43.7. The van der Waals surface area contributed by atoms with Crippen molar-refractivity contribution < 1.29 is 38.1 Å². The van der Waals surface area contributed by atoms with Crippen molar-refractivity contribution >= 4 is 18.0 Å². The van der Waals surface area contributed by atoms with Crippen LogP contribution in [0.2, 0.25) is 0 Å². The molecule has 1 aliphatic rings. The van der Waals surface area contributed by atoms with Gasteiger partial charge in [0.1, 0.15) is 23.8 Å². The van der Waals surface area contributed by atoms with Crippen molar-refractivity contribution in [3.8, 4) is 11.5 Å². The zero-order valence-corrected chi connectivity index (χ0v) is 43.7. The molecule has 0 saturated carbocycles. The van der Waals surface area contributed by atoms with Crippen LogP contribution < -0.4 is 20.1 Å². The number of hydrogen-bond acceptors (Lipinski definition) is 11. The molecule has 1 amide bonds. The predicted molar refractivity (Wildman–Crippen MR) is 281 cm³/mol. The van der Waals surface area contributed by atoms with Gasteiger partial charge in [0.15, 0.2) is 0 Å². The highest BCUT2D eigenvalue weighted by atomic mass is 16.7. The molecular formula is C57H87N5O8. The number of aromatic nitrogens is 3. The first-order valence-corrected chi connectivity index (χ1v) is 26.2. The molecule has 70 heavy (non-hydrogen) atoms. The largest absolute Gasteiger partial charge is 0.513 e. The summed E-state index contributed by atoms with van der Waals surface area (Å²) in [5.74, 6) is -0.209. The number of esters is 1. The second-order valence-corrected chi connectivity index (χ2v) is 18.5. The molecule has 0 spiro atoms. The minimum Gasteiger partial charge on any atom is -0.432 e. The maximum Gasteiger partial charge on any atom is 0.513 e. The van der Waals surface area contributed by atoms with Gasteiger partial charge in [0.2, 0.25) is 5.91 Å². The standard InChI is InChI=1S/C57H87N5O8/c1-8-10-12-13-14-15-16-17-18-19-20-21-22-23-24-25-27-29-54(63)59-34-38-68-57(65)70-53-42-48(28-26-11-9-2)41-52(56(53)51-40-47(7)30-31-50(51)45(3)4)69-55(64)32-36-67-44-49-43-62(61-60-49)35-39-66-37-33-58-46(5)6/h14-15,17-18,20-21,23-24,40-43,46,50-51,58H,3,8-13,16,19,22,25-39,44H2,1-2,4-7H3,(H,59,63)/b15-14-,18-17-,21-20-,24-23-/t50-,51+/m0/s1. The van der Waals surface area contributed by atoms with Crippen LogP contribution in [0.5, 0.6) is 11.5 Å². The molecule has 3 rings (SSSR count). The van der Waals surface area contributed by atoms with Crippen LogP contribution in [0.25, 0.3) is 0 Å². The van der Waals surface area contributed by atoms with Crippen molar-refractivity contribution in [2.75, 3.05) is 39.5 Å². The summed E-state index contributed by atoms with van der Waals surface area (Å²) < 4.78 is 30.9. The van der Waals surface area contributed by atoms with Crippen LogP contribution in [0.4, 0.5) is 4.79 Å². The van der Waals surface area contributed by atoms with Gasteiger partial charge in [0, 0.05) is 30.5 Å². The number of allylic oxidation sites excluding steroid dienone is 11. The SMILES string of the molecule is C=C(C)[C@@H]1CCC(C)=C[C@H]1c1c(OC(=O)CCOCc2cn(CCOCCNC(C)C)nn2)cc(CCCCC)cc1OC(=O)OCCNC(=O)CCC/C=C\C/C=C\C/C=C\C/C=C\CCCCC. The Bertz CT molecular complexity index is 1980. The number of nitrogens with zero attached hydrogens (tertiary/aromatic N) is 3. The number of benzene rings is 1. The molecule has 388 valence electrons. The molecule has 0 fully saturated rings. The number of unbranched alkanes of at least 4 members (excludes halogenated alkanes) is 6. The lowest BCUT2D eigenvalue weighted by molar-refractivity contribution is -0.135. The van der Waals surface area contributed by atoms with Crippen LogP contribution in [0, 0.1) is 5.92 Å². The van der Waals surface area contributed by atoms with E-state index in [0.29, 0.717) is 55.6 Å². The summed E-state index contributed by atoms with van der Waals surface area (Å²) in [6.07, 6.45) is 35.7. The molecule has 0 saturated heterocycles. The fraction of sp³-hybridized carbons (Fsp3) is 0.596. The summed E-state index contributed by atoms with van der Waals surface area (Å²) in [6.45, 7) is 19.8.